The summed E-state index contributed by atoms with van der Waals surface area (Å²) in [5.41, 5.74) is -0.623. The Morgan fingerprint density at radius 2 is 2.25 bits per heavy atom. The van der Waals surface area contributed by atoms with Crippen molar-refractivity contribution in [2.75, 3.05) is 13.2 Å². The number of ether oxygens (including phenoxy) is 1. The first-order valence-electron chi connectivity index (χ1n) is 6.75. The summed E-state index contributed by atoms with van der Waals surface area (Å²) in [5, 5.41) is 14.0. The molecule has 1 heterocycles. The number of nitrogens with one attached hydrogen (secondary N) is 1. The molecule has 92 valence electrons. The Bertz CT molecular complexity index is 271. The van der Waals surface area contributed by atoms with Crippen LogP contribution in [0, 0.1) is 11.8 Å². The molecule has 2 bridgehead atoms. The van der Waals surface area contributed by atoms with Crippen LogP contribution in [0.5, 0.6) is 0 Å². The highest BCUT2D eigenvalue weighted by atomic mass is 16.5. The van der Waals surface area contributed by atoms with Gasteiger partial charge in [-0.05, 0) is 38.0 Å². The molecule has 0 spiro atoms. The number of aliphatic hydroxyl groups is 1. The first kappa shape index (κ1) is 11.0. The Hall–Kier alpha value is -0.120. The fourth-order valence-corrected chi connectivity index (χ4v) is 3.81. The van der Waals surface area contributed by atoms with Gasteiger partial charge in [0.15, 0.2) is 0 Å². The Morgan fingerprint density at radius 3 is 2.81 bits per heavy atom. The molecule has 3 aliphatic rings. The summed E-state index contributed by atoms with van der Waals surface area (Å²) in [6.07, 6.45) is 6.35. The molecule has 1 aliphatic heterocycles. The number of fused-ring (bicyclic) bond motifs is 2. The van der Waals surface area contributed by atoms with E-state index in [2.05, 4.69) is 5.32 Å². The lowest BCUT2D eigenvalue weighted by Crippen LogP contribution is -2.49. The maximum atomic E-state index is 10.4. The van der Waals surface area contributed by atoms with E-state index in [1.54, 1.807) is 0 Å². The standard InChI is InChI=1S/C13H23NO2/c1-9-13(15,4-5-16-9)8-14-12-7-10-2-3-11(12)6-10/h9-12,14-15H,2-8H2,1H3. The molecule has 0 amide bonds. The van der Waals surface area contributed by atoms with Crippen molar-refractivity contribution in [3.8, 4) is 0 Å². The lowest BCUT2D eigenvalue weighted by atomic mass is 9.92. The van der Waals surface area contributed by atoms with Crippen LogP contribution in [-0.2, 0) is 4.74 Å². The van der Waals surface area contributed by atoms with Crippen molar-refractivity contribution in [2.45, 2.75) is 56.8 Å². The van der Waals surface area contributed by atoms with Crippen LogP contribution in [0.2, 0.25) is 0 Å². The molecule has 3 rings (SSSR count). The van der Waals surface area contributed by atoms with Crippen LogP contribution in [0.1, 0.15) is 39.0 Å². The molecule has 2 saturated carbocycles. The van der Waals surface area contributed by atoms with E-state index < -0.39 is 5.60 Å². The largest absolute Gasteiger partial charge is 0.386 e. The van der Waals surface area contributed by atoms with E-state index in [-0.39, 0.29) is 6.10 Å². The van der Waals surface area contributed by atoms with E-state index in [0.29, 0.717) is 19.2 Å². The molecule has 2 N–H and O–H groups in total. The molecular weight excluding hydrogens is 202 g/mol. The van der Waals surface area contributed by atoms with Gasteiger partial charge < -0.3 is 15.2 Å². The first-order chi connectivity index (χ1) is 7.67. The lowest BCUT2D eigenvalue weighted by Gasteiger charge is -2.30. The quantitative estimate of drug-likeness (QED) is 0.761. The van der Waals surface area contributed by atoms with Gasteiger partial charge >= 0.3 is 0 Å². The third kappa shape index (κ3) is 1.79. The summed E-state index contributed by atoms with van der Waals surface area (Å²) in [6, 6.07) is 0.663. The zero-order valence-electron chi connectivity index (χ0n) is 10.1. The molecule has 3 heteroatoms. The van der Waals surface area contributed by atoms with Gasteiger partial charge in [-0.2, -0.15) is 0 Å². The third-order valence-corrected chi connectivity index (χ3v) is 5.07. The highest BCUT2D eigenvalue weighted by Gasteiger charge is 2.43. The van der Waals surface area contributed by atoms with Crippen molar-refractivity contribution < 1.29 is 9.84 Å². The van der Waals surface area contributed by atoms with Gasteiger partial charge in [-0.1, -0.05) is 6.42 Å². The second-order valence-electron chi connectivity index (χ2n) is 6.03. The van der Waals surface area contributed by atoms with Gasteiger partial charge in [-0.3, -0.25) is 0 Å². The van der Waals surface area contributed by atoms with Crippen LogP contribution in [-0.4, -0.2) is 36.0 Å². The number of hydrogen-bond acceptors (Lipinski definition) is 3. The van der Waals surface area contributed by atoms with Crippen LogP contribution in [0.3, 0.4) is 0 Å². The Morgan fingerprint density at radius 1 is 1.38 bits per heavy atom. The Kier molecular flexibility index (Phi) is 2.73. The van der Waals surface area contributed by atoms with Gasteiger partial charge in [0.1, 0.15) is 5.60 Å². The predicted molar refractivity (Wildman–Crippen MR) is 62.2 cm³/mol. The fourth-order valence-electron chi connectivity index (χ4n) is 3.81. The summed E-state index contributed by atoms with van der Waals surface area (Å²) in [7, 11) is 0. The SMILES string of the molecule is CC1OCCC1(O)CNC1CC2CCC1C2. The van der Waals surface area contributed by atoms with Gasteiger partial charge in [-0.25, -0.2) is 0 Å². The molecular formula is C13H23NO2. The average molecular weight is 225 g/mol. The molecule has 5 atom stereocenters. The second kappa shape index (κ2) is 3.97. The van der Waals surface area contributed by atoms with E-state index >= 15 is 0 Å². The molecule has 16 heavy (non-hydrogen) atoms. The summed E-state index contributed by atoms with van der Waals surface area (Å²) in [4.78, 5) is 0. The van der Waals surface area contributed by atoms with E-state index in [0.717, 1.165) is 18.3 Å². The van der Waals surface area contributed by atoms with Crippen molar-refractivity contribution in [1.29, 1.82) is 0 Å². The predicted octanol–water partition coefficient (Wildman–Crippen LogP) is 1.30. The minimum absolute atomic E-state index is 0.0152. The van der Waals surface area contributed by atoms with Crippen LogP contribution in [0.25, 0.3) is 0 Å². The zero-order chi connectivity index (χ0) is 11.2. The van der Waals surface area contributed by atoms with E-state index in [4.69, 9.17) is 4.74 Å². The average Bonchev–Trinajstić information content (AvgIpc) is 2.93. The second-order valence-corrected chi connectivity index (χ2v) is 6.03. The fraction of sp³-hybridized carbons (Fsp3) is 1.00. The van der Waals surface area contributed by atoms with Crippen molar-refractivity contribution >= 4 is 0 Å². The third-order valence-electron chi connectivity index (χ3n) is 5.07. The van der Waals surface area contributed by atoms with Crippen LogP contribution in [0.15, 0.2) is 0 Å². The van der Waals surface area contributed by atoms with Crippen molar-refractivity contribution in [2.24, 2.45) is 11.8 Å². The van der Waals surface area contributed by atoms with E-state index in [9.17, 15) is 5.11 Å². The highest BCUT2D eigenvalue weighted by Crippen LogP contribution is 2.44. The van der Waals surface area contributed by atoms with Crippen molar-refractivity contribution in [3.63, 3.8) is 0 Å². The maximum Gasteiger partial charge on any atom is 0.105 e. The van der Waals surface area contributed by atoms with Crippen LogP contribution in [0.4, 0.5) is 0 Å². The van der Waals surface area contributed by atoms with Crippen molar-refractivity contribution in [3.05, 3.63) is 0 Å². The van der Waals surface area contributed by atoms with Gasteiger partial charge in [0, 0.05) is 25.6 Å². The van der Waals surface area contributed by atoms with E-state index in [1.807, 2.05) is 6.92 Å². The Balaban J connectivity index is 1.53. The monoisotopic (exact) mass is 225 g/mol. The summed E-state index contributed by atoms with van der Waals surface area (Å²) >= 11 is 0. The van der Waals surface area contributed by atoms with E-state index in [1.165, 1.54) is 25.7 Å². The normalized spacial score (nSPS) is 51.4. The van der Waals surface area contributed by atoms with Crippen LogP contribution >= 0.6 is 0 Å². The smallest absolute Gasteiger partial charge is 0.105 e. The molecule has 1 saturated heterocycles. The molecule has 2 aliphatic carbocycles. The van der Waals surface area contributed by atoms with Crippen LogP contribution < -0.4 is 5.32 Å². The van der Waals surface area contributed by atoms with Gasteiger partial charge in [0.05, 0.1) is 6.10 Å². The molecule has 3 fully saturated rings. The van der Waals surface area contributed by atoms with Gasteiger partial charge in [0.25, 0.3) is 0 Å². The maximum absolute atomic E-state index is 10.4. The lowest BCUT2D eigenvalue weighted by molar-refractivity contribution is -0.0286. The molecule has 0 aromatic rings. The Labute approximate surface area is 97.6 Å². The summed E-state index contributed by atoms with van der Waals surface area (Å²) in [5.74, 6) is 1.85. The molecule has 3 nitrogen and oxygen atoms in total. The summed E-state index contributed by atoms with van der Waals surface area (Å²) < 4.78 is 5.46. The molecule has 0 aromatic heterocycles. The van der Waals surface area contributed by atoms with Gasteiger partial charge in [-0.15, -0.1) is 0 Å². The molecule has 0 radical (unpaired) electrons. The minimum atomic E-state index is -0.623. The number of rotatable bonds is 3. The number of hydrogen-bond donors (Lipinski definition) is 2. The van der Waals surface area contributed by atoms with Crippen molar-refractivity contribution in [1.82, 2.24) is 5.32 Å². The highest BCUT2D eigenvalue weighted by molar-refractivity contribution is 4.98. The molecule has 0 aromatic carbocycles. The minimum Gasteiger partial charge on any atom is -0.386 e. The van der Waals surface area contributed by atoms with Gasteiger partial charge in [0.2, 0.25) is 0 Å². The molecule has 5 unspecified atom stereocenters. The zero-order valence-corrected chi connectivity index (χ0v) is 10.1. The summed E-state index contributed by atoms with van der Waals surface area (Å²) in [6.45, 7) is 3.40. The first-order valence-corrected chi connectivity index (χ1v) is 6.75. The topological polar surface area (TPSA) is 41.5 Å².